The molecule has 1 N–H and O–H groups in total. The van der Waals surface area contributed by atoms with Gasteiger partial charge < -0.3 is 19.7 Å². The van der Waals surface area contributed by atoms with E-state index in [1.807, 2.05) is 23.1 Å². The van der Waals surface area contributed by atoms with Crippen molar-refractivity contribution in [3.8, 4) is 5.75 Å². The van der Waals surface area contributed by atoms with Crippen LogP contribution >= 0.6 is 11.3 Å². The third-order valence-corrected chi connectivity index (χ3v) is 7.42. The molecule has 3 aromatic rings. The molecule has 36 heavy (non-hydrogen) atoms. The lowest BCUT2D eigenvalue weighted by Crippen LogP contribution is -2.39. The number of rotatable bonds is 7. The van der Waals surface area contributed by atoms with Crippen molar-refractivity contribution in [3.63, 3.8) is 0 Å². The Morgan fingerprint density at radius 1 is 1.25 bits per heavy atom. The molecule has 2 aromatic carbocycles. The van der Waals surface area contributed by atoms with E-state index in [4.69, 9.17) is 9.47 Å². The highest BCUT2D eigenvalue weighted by Gasteiger charge is 2.31. The molecule has 0 bridgehead atoms. The number of halogens is 1. The molecular formula is C27H28FN3O4S. The Morgan fingerprint density at radius 2 is 2.08 bits per heavy atom. The Balaban J connectivity index is 1.28. The molecule has 9 heteroatoms. The Labute approximate surface area is 213 Å². The Morgan fingerprint density at radius 3 is 2.83 bits per heavy atom. The van der Waals surface area contributed by atoms with Gasteiger partial charge in [0.05, 0.1) is 12.1 Å². The minimum Gasteiger partial charge on any atom is -0.486 e. The van der Waals surface area contributed by atoms with Crippen molar-refractivity contribution in [1.82, 2.24) is 15.2 Å². The number of amides is 2. The highest BCUT2D eigenvalue weighted by atomic mass is 32.1. The van der Waals surface area contributed by atoms with Crippen molar-refractivity contribution >= 4 is 23.2 Å². The van der Waals surface area contributed by atoms with Crippen LogP contribution in [0.15, 0.2) is 47.8 Å². The van der Waals surface area contributed by atoms with E-state index in [0.717, 1.165) is 42.6 Å². The SMILES string of the molecule is CC(=O)N1CCc2ccc(OCc3nc(C(=O)NC[C@H]4CCCO4)cs3)cc2[C@H]1c1ccc(F)cc1. The van der Waals surface area contributed by atoms with E-state index < -0.39 is 0 Å². The van der Waals surface area contributed by atoms with E-state index in [1.54, 1.807) is 24.4 Å². The molecule has 2 amide bonds. The molecule has 5 rings (SSSR count). The molecule has 7 nitrogen and oxygen atoms in total. The maximum absolute atomic E-state index is 13.6. The number of carbonyl (C=O) groups is 2. The molecule has 188 valence electrons. The summed E-state index contributed by atoms with van der Waals surface area (Å²) in [6.45, 7) is 3.61. The number of ether oxygens (including phenoxy) is 2. The van der Waals surface area contributed by atoms with Crippen LogP contribution in [0.4, 0.5) is 4.39 Å². The maximum Gasteiger partial charge on any atom is 0.270 e. The van der Waals surface area contributed by atoms with E-state index in [0.29, 0.717) is 29.5 Å². The normalized spacial score (nSPS) is 19.1. The Bertz CT molecular complexity index is 1240. The lowest BCUT2D eigenvalue weighted by Gasteiger charge is -2.37. The van der Waals surface area contributed by atoms with E-state index in [2.05, 4.69) is 10.3 Å². The molecule has 0 aliphatic carbocycles. The van der Waals surface area contributed by atoms with Gasteiger partial charge in [0.2, 0.25) is 5.91 Å². The first-order valence-corrected chi connectivity index (χ1v) is 13.0. The number of thiazole rings is 1. The van der Waals surface area contributed by atoms with E-state index in [9.17, 15) is 14.0 Å². The van der Waals surface area contributed by atoms with Crippen molar-refractivity contribution in [2.75, 3.05) is 19.7 Å². The summed E-state index contributed by atoms with van der Waals surface area (Å²) in [5, 5.41) is 5.30. The van der Waals surface area contributed by atoms with Crippen LogP contribution in [-0.4, -0.2) is 47.5 Å². The third-order valence-electron chi connectivity index (χ3n) is 6.60. The first-order chi connectivity index (χ1) is 17.5. The first-order valence-electron chi connectivity index (χ1n) is 12.1. The largest absolute Gasteiger partial charge is 0.486 e. The molecule has 0 radical (unpaired) electrons. The fourth-order valence-electron chi connectivity index (χ4n) is 4.76. The third kappa shape index (κ3) is 5.42. The standard InChI is InChI=1S/C27H28FN3O4S/c1-17(32)31-11-10-18-6-9-21(13-23(18)26(31)19-4-7-20(28)8-5-19)35-15-25-30-24(16-36-25)27(33)29-14-22-3-2-12-34-22/h4-9,13,16,22,26H,2-3,10-12,14-15H2,1H3,(H,29,33)/t22-,26-/m1/s1. The van der Waals surface area contributed by atoms with Gasteiger partial charge in [-0.2, -0.15) is 0 Å². The second-order valence-electron chi connectivity index (χ2n) is 9.04. The Kier molecular flexibility index (Phi) is 7.29. The van der Waals surface area contributed by atoms with Gasteiger partial charge in [-0.05, 0) is 60.2 Å². The number of aromatic nitrogens is 1. The van der Waals surface area contributed by atoms with Crippen molar-refractivity contribution in [2.45, 2.75) is 44.9 Å². The number of carbonyl (C=O) groups excluding carboxylic acids is 2. The zero-order valence-electron chi connectivity index (χ0n) is 20.0. The number of hydrogen-bond donors (Lipinski definition) is 1. The van der Waals surface area contributed by atoms with Gasteiger partial charge in [-0.3, -0.25) is 9.59 Å². The van der Waals surface area contributed by atoms with Crippen molar-refractivity contribution in [3.05, 3.63) is 81.1 Å². The molecule has 0 saturated carbocycles. The zero-order valence-corrected chi connectivity index (χ0v) is 20.9. The van der Waals surface area contributed by atoms with Gasteiger partial charge >= 0.3 is 0 Å². The second-order valence-corrected chi connectivity index (χ2v) is 9.98. The van der Waals surface area contributed by atoms with E-state index >= 15 is 0 Å². The van der Waals surface area contributed by atoms with Gasteiger partial charge in [-0.15, -0.1) is 11.3 Å². The van der Waals surface area contributed by atoms with Crippen LogP contribution in [0.3, 0.4) is 0 Å². The monoisotopic (exact) mass is 509 g/mol. The van der Waals surface area contributed by atoms with Crippen molar-refractivity contribution < 1.29 is 23.5 Å². The predicted molar refractivity (Wildman–Crippen MR) is 134 cm³/mol. The highest BCUT2D eigenvalue weighted by Crippen LogP contribution is 2.37. The number of nitrogens with zero attached hydrogens (tertiary/aromatic N) is 2. The number of benzene rings is 2. The van der Waals surface area contributed by atoms with Crippen LogP contribution in [0.1, 0.15) is 58.0 Å². The molecule has 2 aliphatic rings. The molecular weight excluding hydrogens is 481 g/mol. The first kappa shape index (κ1) is 24.4. The lowest BCUT2D eigenvalue weighted by molar-refractivity contribution is -0.130. The minimum atomic E-state index is -0.315. The van der Waals surface area contributed by atoms with Gasteiger partial charge in [0.1, 0.15) is 28.9 Å². The van der Waals surface area contributed by atoms with E-state index in [-0.39, 0.29) is 36.4 Å². The van der Waals surface area contributed by atoms with Crippen molar-refractivity contribution in [1.29, 1.82) is 0 Å². The molecule has 1 aromatic heterocycles. The van der Waals surface area contributed by atoms with Crippen LogP contribution in [-0.2, 0) is 22.6 Å². The molecule has 0 unspecified atom stereocenters. The zero-order chi connectivity index (χ0) is 25.1. The summed E-state index contributed by atoms with van der Waals surface area (Å²) in [6.07, 6.45) is 2.81. The molecule has 2 aliphatic heterocycles. The van der Waals surface area contributed by atoms with Gasteiger partial charge in [-0.1, -0.05) is 18.2 Å². The number of fused-ring (bicyclic) bond motifs is 1. The number of nitrogens with one attached hydrogen (secondary N) is 1. The van der Waals surface area contributed by atoms with Crippen molar-refractivity contribution in [2.24, 2.45) is 0 Å². The van der Waals surface area contributed by atoms with Gasteiger partial charge in [0, 0.05) is 32.0 Å². The topological polar surface area (TPSA) is 80.8 Å². The van der Waals surface area contributed by atoms with Gasteiger partial charge in [0.25, 0.3) is 5.91 Å². The Hall–Kier alpha value is -3.30. The fraction of sp³-hybridized carbons (Fsp3) is 0.370. The minimum absolute atomic E-state index is 0.0330. The lowest BCUT2D eigenvalue weighted by atomic mass is 9.88. The second kappa shape index (κ2) is 10.8. The van der Waals surface area contributed by atoms with Crippen LogP contribution in [0.25, 0.3) is 0 Å². The maximum atomic E-state index is 13.6. The highest BCUT2D eigenvalue weighted by molar-refractivity contribution is 7.09. The molecule has 2 atom stereocenters. The van der Waals surface area contributed by atoms with Crippen LogP contribution < -0.4 is 10.1 Å². The summed E-state index contributed by atoms with van der Waals surface area (Å²) < 4.78 is 25.1. The summed E-state index contributed by atoms with van der Waals surface area (Å²) in [5.74, 6) is 0.0816. The molecule has 0 spiro atoms. The quantitative estimate of drug-likeness (QED) is 0.515. The summed E-state index contributed by atoms with van der Waals surface area (Å²) in [7, 11) is 0. The molecule has 1 fully saturated rings. The van der Waals surface area contributed by atoms with Crippen LogP contribution in [0, 0.1) is 5.82 Å². The smallest absolute Gasteiger partial charge is 0.270 e. The fourth-order valence-corrected chi connectivity index (χ4v) is 5.44. The molecule has 3 heterocycles. The van der Waals surface area contributed by atoms with Gasteiger partial charge in [0.15, 0.2) is 0 Å². The summed E-state index contributed by atoms with van der Waals surface area (Å²) in [5.41, 5.74) is 3.32. The number of hydrogen-bond acceptors (Lipinski definition) is 6. The summed E-state index contributed by atoms with van der Waals surface area (Å²) >= 11 is 1.37. The summed E-state index contributed by atoms with van der Waals surface area (Å²) in [6, 6.07) is 11.8. The summed E-state index contributed by atoms with van der Waals surface area (Å²) in [4.78, 5) is 31.0. The average molecular weight is 510 g/mol. The van der Waals surface area contributed by atoms with Crippen LogP contribution in [0.2, 0.25) is 0 Å². The average Bonchev–Trinajstić information content (AvgIpc) is 3.58. The molecule has 1 saturated heterocycles. The van der Waals surface area contributed by atoms with Gasteiger partial charge in [-0.25, -0.2) is 9.37 Å². The van der Waals surface area contributed by atoms with Crippen LogP contribution in [0.5, 0.6) is 5.75 Å². The van der Waals surface area contributed by atoms with E-state index in [1.165, 1.54) is 23.5 Å². The predicted octanol–water partition coefficient (Wildman–Crippen LogP) is 4.26.